The van der Waals surface area contributed by atoms with Crippen molar-refractivity contribution in [2.24, 2.45) is 0 Å². The lowest BCUT2D eigenvalue weighted by Gasteiger charge is -2.44. The fourth-order valence-electron chi connectivity index (χ4n) is 4.91. The van der Waals surface area contributed by atoms with Gasteiger partial charge < -0.3 is 24.4 Å². The van der Waals surface area contributed by atoms with Crippen LogP contribution in [0.1, 0.15) is 49.4 Å². The fraction of sp³-hybridized carbons (Fsp3) is 0.625. The summed E-state index contributed by atoms with van der Waals surface area (Å²) in [5.41, 5.74) is -0.447. The van der Waals surface area contributed by atoms with Crippen LogP contribution in [0.4, 0.5) is 0 Å². The van der Waals surface area contributed by atoms with Crippen molar-refractivity contribution in [3.05, 3.63) is 29.8 Å². The first kappa shape index (κ1) is 23.5. The Morgan fingerprint density at radius 2 is 1.91 bits per heavy atom. The minimum Gasteiger partial charge on any atom is -0.497 e. The summed E-state index contributed by atoms with van der Waals surface area (Å²) >= 11 is 0. The lowest BCUT2D eigenvalue weighted by atomic mass is 9.96. The zero-order valence-corrected chi connectivity index (χ0v) is 19.4. The van der Waals surface area contributed by atoms with Crippen LogP contribution in [0.2, 0.25) is 0 Å². The van der Waals surface area contributed by atoms with E-state index < -0.39 is 11.8 Å². The van der Waals surface area contributed by atoms with Gasteiger partial charge in [0.25, 0.3) is 5.91 Å². The molecule has 0 aliphatic carbocycles. The van der Waals surface area contributed by atoms with Crippen molar-refractivity contribution in [3.8, 4) is 5.75 Å². The van der Waals surface area contributed by atoms with Crippen molar-refractivity contribution < 1.29 is 28.6 Å². The molecule has 3 saturated heterocycles. The predicted molar refractivity (Wildman–Crippen MR) is 120 cm³/mol. The van der Waals surface area contributed by atoms with E-state index in [0.29, 0.717) is 56.8 Å². The summed E-state index contributed by atoms with van der Waals surface area (Å²) in [6, 6.07) is 6.11. The Morgan fingerprint density at radius 3 is 2.52 bits per heavy atom. The molecule has 0 saturated carbocycles. The van der Waals surface area contributed by atoms with Crippen molar-refractivity contribution in [3.63, 3.8) is 0 Å². The third-order valence-electron chi connectivity index (χ3n) is 6.85. The third-order valence-corrected chi connectivity index (χ3v) is 6.85. The minimum absolute atomic E-state index is 0.0132. The zero-order valence-electron chi connectivity index (χ0n) is 19.4. The van der Waals surface area contributed by atoms with Crippen LogP contribution >= 0.6 is 0 Å². The van der Waals surface area contributed by atoms with Crippen LogP contribution in [0, 0.1) is 0 Å². The number of hydrogen-bond acceptors (Lipinski definition) is 6. The van der Waals surface area contributed by atoms with Crippen LogP contribution in [0.3, 0.4) is 0 Å². The highest BCUT2D eigenvalue weighted by atomic mass is 16.5. The maximum Gasteiger partial charge on any atom is 0.256 e. The minimum atomic E-state index is -0.909. The van der Waals surface area contributed by atoms with Gasteiger partial charge in [-0.3, -0.25) is 19.3 Å². The van der Waals surface area contributed by atoms with E-state index in [0.717, 1.165) is 12.8 Å². The fourth-order valence-corrected chi connectivity index (χ4v) is 4.91. The number of carbonyl (C=O) groups is 3. The number of ether oxygens (including phenoxy) is 3. The van der Waals surface area contributed by atoms with Gasteiger partial charge >= 0.3 is 0 Å². The van der Waals surface area contributed by atoms with E-state index >= 15 is 0 Å². The van der Waals surface area contributed by atoms with Crippen LogP contribution in [0.5, 0.6) is 5.75 Å². The quantitative estimate of drug-likeness (QED) is 0.694. The molecule has 3 fully saturated rings. The van der Waals surface area contributed by atoms with Gasteiger partial charge in [-0.25, -0.2) is 0 Å². The molecule has 1 aromatic rings. The van der Waals surface area contributed by atoms with Gasteiger partial charge in [0, 0.05) is 51.1 Å². The Balaban J connectivity index is 1.54. The van der Waals surface area contributed by atoms with Crippen LogP contribution < -0.4 is 10.1 Å². The van der Waals surface area contributed by atoms with E-state index in [1.165, 1.54) is 0 Å². The molecule has 0 bridgehead atoms. The second-order valence-corrected chi connectivity index (χ2v) is 8.79. The van der Waals surface area contributed by atoms with E-state index in [1.807, 2.05) is 6.92 Å². The Labute approximate surface area is 194 Å². The van der Waals surface area contributed by atoms with Gasteiger partial charge in [-0.1, -0.05) is 6.92 Å². The van der Waals surface area contributed by atoms with Crippen molar-refractivity contribution >= 4 is 17.7 Å². The molecule has 0 radical (unpaired) electrons. The molecule has 0 aromatic heterocycles. The van der Waals surface area contributed by atoms with Crippen LogP contribution in [0.15, 0.2) is 24.3 Å². The summed E-state index contributed by atoms with van der Waals surface area (Å²) in [6.45, 7) is 4.08. The third kappa shape index (κ3) is 4.84. The van der Waals surface area contributed by atoms with E-state index in [2.05, 4.69) is 5.32 Å². The first-order valence-electron chi connectivity index (χ1n) is 11.8. The van der Waals surface area contributed by atoms with E-state index in [9.17, 15) is 14.4 Å². The number of likely N-dealkylation sites (tertiary alicyclic amines) is 1. The van der Waals surface area contributed by atoms with Crippen molar-refractivity contribution in [1.29, 1.82) is 0 Å². The lowest BCUT2D eigenvalue weighted by molar-refractivity contribution is -0.143. The molecule has 180 valence electrons. The topological polar surface area (TPSA) is 97.4 Å². The molecule has 1 spiro atoms. The number of piperidine rings is 1. The highest BCUT2D eigenvalue weighted by Crippen LogP contribution is 2.38. The highest BCUT2D eigenvalue weighted by Gasteiger charge is 2.54. The largest absolute Gasteiger partial charge is 0.497 e. The molecule has 3 amide bonds. The number of carbonyl (C=O) groups excluding carboxylic acids is 3. The summed E-state index contributed by atoms with van der Waals surface area (Å²) in [4.78, 5) is 42.4. The van der Waals surface area contributed by atoms with Crippen LogP contribution in [-0.2, 0) is 19.1 Å². The molecule has 9 nitrogen and oxygen atoms in total. The molecule has 3 heterocycles. The number of amides is 3. The van der Waals surface area contributed by atoms with E-state index in [-0.39, 0.29) is 30.4 Å². The smallest absolute Gasteiger partial charge is 0.256 e. The number of nitrogens with one attached hydrogen (secondary N) is 1. The normalized spacial score (nSPS) is 24.2. The Morgan fingerprint density at radius 1 is 1.18 bits per heavy atom. The molecule has 2 unspecified atom stereocenters. The molecule has 33 heavy (non-hydrogen) atoms. The van der Waals surface area contributed by atoms with Gasteiger partial charge in [0.15, 0.2) is 0 Å². The molecule has 3 aliphatic rings. The number of nitrogens with zero attached hydrogens (tertiary/aromatic N) is 2. The Kier molecular flexibility index (Phi) is 7.19. The summed E-state index contributed by atoms with van der Waals surface area (Å²) < 4.78 is 17.0. The SMILES string of the molecule is CCC(=O)N1CCC2(CC1)OCC(C(=O)NCC1CCCO1)N2C(=O)c1ccc(OC)cc1. The summed E-state index contributed by atoms with van der Waals surface area (Å²) in [6.07, 6.45) is 3.30. The average Bonchev–Trinajstić information content (AvgIpc) is 3.50. The molecule has 1 N–H and O–H groups in total. The van der Waals surface area contributed by atoms with Crippen LogP contribution in [-0.4, -0.2) is 85.3 Å². The summed E-state index contributed by atoms with van der Waals surface area (Å²) in [7, 11) is 1.57. The van der Waals surface area contributed by atoms with Crippen molar-refractivity contribution in [2.75, 3.05) is 40.0 Å². The van der Waals surface area contributed by atoms with Crippen LogP contribution in [0.25, 0.3) is 0 Å². The molecule has 1 aromatic carbocycles. The molecule has 4 rings (SSSR count). The lowest BCUT2D eigenvalue weighted by Crippen LogP contribution is -2.60. The van der Waals surface area contributed by atoms with Gasteiger partial charge in [0.05, 0.1) is 19.8 Å². The van der Waals surface area contributed by atoms with E-state index in [4.69, 9.17) is 14.2 Å². The Hall–Kier alpha value is -2.65. The monoisotopic (exact) mass is 459 g/mol. The molecular weight excluding hydrogens is 426 g/mol. The molecule has 3 aliphatic heterocycles. The zero-order chi connectivity index (χ0) is 23.4. The average molecular weight is 460 g/mol. The number of hydrogen-bond donors (Lipinski definition) is 1. The summed E-state index contributed by atoms with van der Waals surface area (Å²) in [5, 5.41) is 2.96. The second kappa shape index (κ2) is 10.1. The molecule has 9 heteroatoms. The molecular formula is C24H33N3O6. The number of benzene rings is 1. The predicted octanol–water partition coefficient (Wildman–Crippen LogP) is 1.56. The molecule has 2 atom stereocenters. The standard InChI is InChI=1S/C24H33N3O6/c1-3-21(28)26-12-10-24(11-13-26)27(23(30)17-6-8-18(31-2)9-7-17)20(16-33-24)22(29)25-15-19-5-4-14-32-19/h6-9,19-20H,3-5,10-16H2,1-2H3,(H,25,29). The van der Waals surface area contributed by atoms with Gasteiger partial charge in [0.2, 0.25) is 11.8 Å². The highest BCUT2D eigenvalue weighted by molar-refractivity contribution is 5.98. The first-order chi connectivity index (χ1) is 16.0. The van der Waals surface area contributed by atoms with Gasteiger partial charge in [-0.05, 0) is 37.1 Å². The second-order valence-electron chi connectivity index (χ2n) is 8.79. The van der Waals surface area contributed by atoms with Gasteiger partial charge in [-0.15, -0.1) is 0 Å². The Bertz CT molecular complexity index is 859. The van der Waals surface area contributed by atoms with E-state index in [1.54, 1.807) is 41.2 Å². The van der Waals surface area contributed by atoms with Crippen molar-refractivity contribution in [1.82, 2.24) is 15.1 Å². The maximum atomic E-state index is 13.7. The first-order valence-corrected chi connectivity index (χ1v) is 11.8. The van der Waals surface area contributed by atoms with Gasteiger partial charge in [0.1, 0.15) is 17.5 Å². The van der Waals surface area contributed by atoms with Crippen molar-refractivity contribution in [2.45, 2.75) is 56.9 Å². The summed E-state index contributed by atoms with van der Waals surface area (Å²) in [5.74, 6) is 0.233. The van der Waals surface area contributed by atoms with Gasteiger partial charge in [-0.2, -0.15) is 0 Å². The number of rotatable bonds is 6. The maximum absolute atomic E-state index is 13.7. The number of methoxy groups -OCH3 is 1.